The number of Topliss-reactive ketones (excluding diaryl/α,β-unsaturated/α-hetero) is 1. The Balaban J connectivity index is 2.40. The summed E-state index contributed by atoms with van der Waals surface area (Å²) in [4.78, 5) is 69.2. The molecule has 14 heteroatoms. The van der Waals surface area contributed by atoms with E-state index >= 15 is 0 Å². The number of carboxylic acids is 2. The van der Waals surface area contributed by atoms with Crippen LogP contribution >= 0.6 is 11.8 Å². The van der Waals surface area contributed by atoms with Crippen molar-refractivity contribution in [1.82, 2.24) is 10.6 Å². The molecule has 1 fully saturated rings. The lowest BCUT2D eigenvalue weighted by molar-refractivity contribution is -0.396. The smallest absolute Gasteiger partial charge is 0.328 e. The minimum Gasteiger partial charge on any atom is -0.481 e. The van der Waals surface area contributed by atoms with Crippen LogP contribution in [-0.2, 0) is 43.0 Å². The molecule has 0 spiro atoms. The number of ketones is 1. The second kappa shape index (κ2) is 14.7. The topological polar surface area (TPSA) is 195 Å². The molecular formula is C22H32N2O11S. The Morgan fingerprint density at radius 1 is 1.06 bits per heavy atom. The standard InChI is InChI=1S/C22H32N2O11S/c1-21(2)13-34-22(33-3,8-6-17(29)30)35-19(21)20(32)24-9-7-15(26)23-10-11-36-18(31)12-14(25)4-5-16(27)28/h6,8,19H,4-5,7,9-13H2,1-3H3,(H,23,26)(H,24,32)(H,27,28)(H,29,30)/b8-6+/t19-,22?/m0/s1. The van der Waals surface area contributed by atoms with Crippen molar-refractivity contribution >= 4 is 46.4 Å². The summed E-state index contributed by atoms with van der Waals surface area (Å²) in [6, 6.07) is 0. The number of hydrogen-bond donors (Lipinski definition) is 4. The van der Waals surface area contributed by atoms with E-state index in [4.69, 9.17) is 24.4 Å². The summed E-state index contributed by atoms with van der Waals surface area (Å²) in [5, 5.41) is 22.2. The maximum Gasteiger partial charge on any atom is 0.328 e. The fourth-order valence-corrected chi connectivity index (χ4v) is 3.64. The summed E-state index contributed by atoms with van der Waals surface area (Å²) in [6.07, 6.45) is -0.164. The lowest BCUT2D eigenvalue weighted by Crippen LogP contribution is -2.58. The van der Waals surface area contributed by atoms with Gasteiger partial charge in [0.1, 0.15) is 11.9 Å². The number of nitrogens with one attached hydrogen (secondary N) is 2. The SMILES string of the molecule is COC1(/C=C/C(=O)O)OCC(C)(C)[C@H](C(=O)NCCC(=O)NCCSC(=O)CC(=O)CCC(=O)O)O1. The van der Waals surface area contributed by atoms with Gasteiger partial charge in [0.05, 0.1) is 19.4 Å². The molecule has 202 valence electrons. The van der Waals surface area contributed by atoms with Crippen molar-refractivity contribution in [3.05, 3.63) is 12.2 Å². The van der Waals surface area contributed by atoms with Crippen LogP contribution in [0.3, 0.4) is 0 Å². The van der Waals surface area contributed by atoms with E-state index in [0.29, 0.717) is 0 Å². The van der Waals surface area contributed by atoms with Gasteiger partial charge in [-0.1, -0.05) is 25.6 Å². The van der Waals surface area contributed by atoms with E-state index in [0.717, 1.165) is 23.9 Å². The molecule has 1 aliphatic rings. The summed E-state index contributed by atoms with van der Waals surface area (Å²) in [7, 11) is 1.24. The first-order valence-corrected chi connectivity index (χ1v) is 12.0. The number of carboxylic acid groups (broad SMARTS) is 2. The van der Waals surface area contributed by atoms with Gasteiger partial charge in [-0.25, -0.2) is 4.79 Å². The van der Waals surface area contributed by atoms with Gasteiger partial charge in [-0.3, -0.25) is 24.0 Å². The molecule has 2 amide bonds. The van der Waals surface area contributed by atoms with Crippen LogP contribution in [0.2, 0.25) is 0 Å². The van der Waals surface area contributed by atoms with Gasteiger partial charge in [-0.2, -0.15) is 0 Å². The molecule has 13 nitrogen and oxygen atoms in total. The number of thioether (sulfide) groups is 1. The van der Waals surface area contributed by atoms with Gasteiger partial charge in [0.15, 0.2) is 5.12 Å². The second-order valence-corrected chi connectivity index (χ2v) is 9.63. The summed E-state index contributed by atoms with van der Waals surface area (Å²) >= 11 is 0.862. The average Bonchev–Trinajstić information content (AvgIpc) is 2.80. The molecule has 1 heterocycles. The van der Waals surface area contributed by atoms with Crippen molar-refractivity contribution in [2.24, 2.45) is 5.41 Å². The zero-order valence-electron chi connectivity index (χ0n) is 20.4. The fourth-order valence-electron chi connectivity index (χ4n) is 2.95. The highest BCUT2D eigenvalue weighted by molar-refractivity contribution is 8.13. The zero-order valence-corrected chi connectivity index (χ0v) is 21.2. The predicted octanol–water partition coefficient (Wildman–Crippen LogP) is 0.0753. The van der Waals surface area contributed by atoms with Gasteiger partial charge in [0, 0.05) is 56.4 Å². The van der Waals surface area contributed by atoms with E-state index in [1.54, 1.807) is 13.8 Å². The zero-order chi connectivity index (χ0) is 27.4. The van der Waals surface area contributed by atoms with Crippen LogP contribution in [0.25, 0.3) is 0 Å². The van der Waals surface area contributed by atoms with E-state index in [-0.39, 0.29) is 57.0 Å². The normalized spacial score (nSPS) is 21.0. The summed E-state index contributed by atoms with van der Waals surface area (Å²) in [5.74, 6) is -5.32. The molecule has 0 aliphatic carbocycles. The lowest BCUT2D eigenvalue weighted by Gasteiger charge is -2.45. The lowest BCUT2D eigenvalue weighted by atomic mass is 9.85. The molecule has 1 unspecified atom stereocenters. The third-order valence-electron chi connectivity index (χ3n) is 4.89. The Bertz CT molecular complexity index is 874. The van der Waals surface area contributed by atoms with E-state index in [2.05, 4.69) is 10.6 Å². The molecule has 0 saturated carbocycles. The van der Waals surface area contributed by atoms with Gasteiger partial charge < -0.3 is 35.1 Å². The van der Waals surface area contributed by atoms with Crippen LogP contribution in [-0.4, -0.2) is 89.5 Å². The Morgan fingerprint density at radius 3 is 2.36 bits per heavy atom. The number of methoxy groups -OCH3 is 1. The van der Waals surface area contributed by atoms with Crippen LogP contribution in [0.1, 0.15) is 39.5 Å². The second-order valence-electron chi connectivity index (χ2n) is 8.48. The first kappa shape index (κ1) is 31.2. The van der Waals surface area contributed by atoms with E-state index < -0.39 is 46.2 Å². The number of rotatable bonds is 15. The molecule has 0 aromatic heterocycles. The molecule has 4 N–H and O–H groups in total. The third-order valence-corrected chi connectivity index (χ3v) is 5.76. The highest BCUT2D eigenvalue weighted by Crippen LogP contribution is 2.36. The third kappa shape index (κ3) is 11.3. The first-order valence-electron chi connectivity index (χ1n) is 11.0. The van der Waals surface area contributed by atoms with Crippen molar-refractivity contribution in [2.75, 3.05) is 32.6 Å². The maximum absolute atomic E-state index is 12.7. The first-order chi connectivity index (χ1) is 16.8. The quantitative estimate of drug-likeness (QED) is 0.126. The highest BCUT2D eigenvalue weighted by Gasteiger charge is 2.49. The van der Waals surface area contributed by atoms with E-state index in [9.17, 15) is 28.8 Å². The van der Waals surface area contributed by atoms with Crippen molar-refractivity contribution in [2.45, 2.75) is 51.6 Å². The van der Waals surface area contributed by atoms with E-state index in [1.807, 2.05) is 0 Å². The maximum atomic E-state index is 12.7. The number of carbonyl (C=O) groups is 6. The highest BCUT2D eigenvalue weighted by atomic mass is 32.2. The molecular weight excluding hydrogens is 500 g/mol. The van der Waals surface area contributed by atoms with Crippen LogP contribution in [0, 0.1) is 5.41 Å². The molecule has 0 aromatic carbocycles. The summed E-state index contributed by atoms with van der Waals surface area (Å²) in [6.45, 7) is 3.64. The van der Waals surface area contributed by atoms with Crippen LogP contribution < -0.4 is 10.6 Å². The van der Waals surface area contributed by atoms with Gasteiger partial charge >= 0.3 is 17.9 Å². The number of aliphatic carboxylic acids is 2. The number of carbonyl (C=O) groups excluding carboxylic acids is 4. The van der Waals surface area contributed by atoms with Gasteiger partial charge in [-0.15, -0.1) is 0 Å². The Kier molecular flexibility index (Phi) is 12.7. The van der Waals surface area contributed by atoms with Crippen molar-refractivity contribution in [1.29, 1.82) is 0 Å². The Labute approximate surface area is 212 Å². The minimum atomic E-state index is -1.84. The molecule has 0 aromatic rings. The van der Waals surface area contributed by atoms with Crippen LogP contribution in [0.4, 0.5) is 0 Å². The summed E-state index contributed by atoms with van der Waals surface area (Å²) < 4.78 is 16.3. The largest absolute Gasteiger partial charge is 0.481 e. The van der Waals surface area contributed by atoms with Gasteiger partial charge in [0.2, 0.25) is 11.8 Å². The van der Waals surface area contributed by atoms with Crippen LogP contribution in [0.5, 0.6) is 0 Å². The Morgan fingerprint density at radius 2 is 1.75 bits per heavy atom. The van der Waals surface area contributed by atoms with Crippen molar-refractivity contribution in [3.63, 3.8) is 0 Å². The van der Waals surface area contributed by atoms with Crippen molar-refractivity contribution < 1.29 is 53.2 Å². The number of amides is 2. The molecule has 1 aliphatic heterocycles. The number of ether oxygens (including phenoxy) is 3. The molecule has 0 radical (unpaired) electrons. The van der Waals surface area contributed by atoms with Gasteiger partial charge in [-0.05, 0) is 0 Å². The molecule has 36 heavy (non-hydrogen) atoms. The fraction of sp³-hybridized carbons (Fsp3) is 0.636. The van der Waals surface area contributed by atoms with Crippen molar-refractivity contribution in [3.8, 4) is 0 Å². The van der Waals surface area contributed by atoms with E-state index in [1.165, 1.54) is 7.11 Å². The molecule has 0 bridgehead atoms. The molecule has 2 atom stereocenters. The predicted molar refractivity (Wildman–Crippen MR) is 126 cm³/mol. The number of hydrogen-bond acceptors (Lipinski definition) is 10. The van der Waals surface area contributed by atoms with Gasteiger partial charge in [0.25, 0.3) is 0 Å². The molecule has 1 rings (SSSR count). The van der Waals surface area contributed by atoms with Crippen LogP contribution in [0.15, 0.2) is 12.2 Å². The average molecular weight is 533 g/mol. The minimum absolute atomic E-state index is 0.00341. The Hall–Kier alpha value is -2.81. The molecule has 1 saturated heterocycles. The summed E-state index contributed by atoms with van der Waals surface area (Å²) in [5.41, 5.74) is -0.774. The monoisotopic (exact) mass is 532 g/mol.